The van der Waals surface area contributed by atoms with Crippen LogP contribution < -0.4 is 5.32 Å². The molecule has 1 heterocycles. The predicted octanol–water partition coefficient (Wildman–Crippen LogP) is 3.39. The Bertz CT molecular complexity index is 551. The van der Waals surface area contributed by atoms with Crippen molar-refractivity contribution in [3.8, 4) is 0 Å². The molecule has 0 aliphatic heterocycles. The Labute approximate surface area is 111 Å². The van der Waals surface area contributed by atoms with Gasteiger partial charge in [0.2, 0.25) is 0 Å². The summed E-state index contributed by atoms with van der Waals surface area (Å²) in [7, 11) is 1.88. The van der Waals surface area contributed by atoms with Gasteiger partial charge in [-0.2, -0.15) is 5.10 Å². The van der Waals surface area contributed by atoms with Crippen molar-refractivity contribution in [1.29, 1.82) is 0 Å². The third kappa shape index (κ3) is 2.82. The highest BCUT2D eigenvalue weighted by Gasteiger charge is 2.07. The van der Waals surface area contributed by atoms with Crippen LogP contribution in [0.15, 0.2) is 24.4 Å². The van der Waals surface area contributed by atoms with Gasteiger partial charge in [-0.1, -0.05) is 18.5 Å². The van der Waals surface area contributed by atoms with Crippen molar-refractivity contribution in [3.63, 3.8) is 0 Å². The minimum atomic E-state index is -0.304. The van der Waals surface area contributed by atoms with Crippen LogP contribution in [0.4, 0.5) is 10.1 Å². The Kier molecular flexibility index (Phi) is 3.87. The van der Waals surface area contributed by atoms with Crippen molar-refractivity contribution >= 4 is 17.3 Å². The summed E-state index contributed by atoms with van der Waals surface area (Å²) in [5.41, 5.74) is 2.50. The van der Waals surface area contributed by atoms with Crippen LogP contribution in [0, 0.1) is 5.82 Å². The first-order valence-corrected chi connectivity index (χ1v) is 6.18. The maximum atomic E-state index is 13.5. The van der Waals surface area contributed by atoms with Gasteiger partial charge in [-0.3, -0.25) is 4.68 Å². The molecule has 96 valence electrons. The summed E-state index contributed by atoms with van der Waals surface area (Å²) < 4.78 is 15.3. The number of nitrogens with zero attached hydrogens (tertiary/aromatic N) is 2. The number of hydrogen-bond donors (Lipinski definition) is 1. The lowest BCUT2D eigenvalue weighted by Gasteiger charge is -2.07. The summed E-state index contributed by atoms with van der Waals surface area (Å²) in [5.74, 6) is -0.304. The molecule has 0 amide bonds. The number of anilines is 1. The summed E-state index contributed by atoms with van der Waals surface area (Å²) in [6.07, 6.45) is 2.80. The van der Waals surface area contributed by atoms with Crippen LogP contribution in [0.25, 0.3) is 0 Å². The van der Waals surface area contributed by atoms with Crippen LogP contribution in [0.5, 0.6) is 0 Å². The molecule has 2 rings (SSSR count). The fraction of sp³-hybridized carbons (Fsp3) is 0.308. The highest BCUT2D eigenvalue weighted by atomic mass is 35.5. The number of nitrogens with one attached hydrogen (secondary N) is 1. The third-order valence-electron chi connectivity index (χ3n) is 2.72. The van der Waals surface area contributed by atoms with Gasteiger partial charge in [0.15, 0.2) is 0 Å². The first kappa shape index (κ1) is 12.9. The van der Waals surface area contributed by atoms with Crippen molar-refractivity contribution in [2.24, 2.45) is 7.05 Å². The number of aromatic nitrogens is 2. The van der Waals surface area contributed by atoms with E-state index >= 15 is 0 Å². The molecule has 3 nitrogen and oxygen atoms in total. The monoisotopic (exact) mass is 267 g/mol. The lowest BCUT2D eigenvalue weighted by molar-refractivity contribution is 0.630. The molecule has 0 fully saturated rings. The van der Waals surface area contributed by atoms with Crippen LogP contribution in [-0.4, -0.2) is 9.78 Å². The molecule has 0 aliphatic rings. The Morgan fingerprint density at radius 2 is 2.22 bits per heavy atom. The molecule has 0 atom stereocenters. The molecule has 1 aromatic carbocycles. The topological polar surface area (TPSA) is 29.9 Å². The Morgan fingerprint density at radius 3 is 2.94 bits per heavy atom. The standard InChI is InChI=1S/C13H15ClFN3/c1-3-12-9(8-18(2)17-12)7-16-13-6-10(14)4-5-11(13)15/h4-6,8,16H,3,7H2,1-2H3. The van der Waals surface area contributed by atoms with Crippen molar-refractivity contribution in [2.45, 2.75) is 19.9 Å². The third-order valence-corrected chi connectivity index (χ3v) is 2.96. The fourth-order valence-electron chi connectivity index (χ4n) is 1.85. The largest absolute Gasteiger partial charge is 0.378 e. The van der Waals surface area contributed by atoms with Crippen LogP contribution in [0.2, 0.25) is 5.02 Å². The average molecular weight is 268 g/mol. The molecule has 5 heteroatoms. The molecular formula is C13H15ClFN3. The Morgan fingerprint density at radius 1 is 1.44 bits per heavy atom. The molecule has 1 aromatic heterocycles. The van der Waals surface area contributed by atoms with Gasteiger partial charge in [0.25, 0.3) is 0 Å². The minimum Gasteiger partial charge on any atom is -0.378 e. The maximum absolute atomic E-state index is 13.5. The van der Waals surface area contributed by atoms with Crippen LogP contribution in [0.3, 0.4) is 0 Å². The molecule has 18 heavy (non-hydrogen) atoms. The maximum Gasteiger partial charge on any atom is 0.146 e. The molecule has 2 aromatic rings. The normalized spacial score (nSPS) is 10.7. The van der Waals surface area contributed by atoms with E-state index < -0.39 is 0 Å². The van der Waals surface area contributed by atoms with Crippen molar-refractivity contribution in [2.75, 3.05) is 5.32 Å². The van der Waals surface area contributed by atoms with Crippen LogP contribution in [-0.2, 0) is 20.0 Å². The molecule has 0 unspecified atom stereocenters. The molecule has 0 aliphatic carbocycles. The molecule has 0 spiro atoms. The van der Waals surface area contributed by atoms with Gasteiger partial charge in [-0.05, 0) is 24.6 Å². The lowest BCUT2D eigenvalue weighted by Crippen LogP contribution is -2.02. The lowest BCUT2D eigenvalue weighted by atomic mass is 10.2. The van der Waals surface area contributed by atoms with Gasteiger partial charge in [0, 0.05) is 30.4 Å². The van der Waals surface area contributed by atoms with Crippen molar-refractivity contribution in [3.05, 3.63) is 46.5 Å². The summed E-state index contributed by atoms with van der Waals surface area (Å²) >= 11 is 5.84. The van der Waals surface area contributed by atoms with Crippen molar-refractivity contribution in [1.82, 2.24) is 9.78 Å². The van der Waals surface area contributed by atoms with Gasteiger partial charge in [-0.25, -0.2) is 4.39 Å². The number of aryl methyl sites for hydroxylation is 2. The Hall–Kier alpha value is -1.55. The molecule has 0 bridgehead atoms. The molecule has 0 saturated heterocycles. The smallest absolute Gasteiger partial charge is 0.146 e. The molecular weight excluding hydrogens is 253 g/mol. The van der Waals surface area contributed by atoms with Gasteiger partial charge >= 0.3 is 0 Å². The van der Waals surface area contributed by atoms with E-state index in [9.17, 15) is 4.39 Å². The SMILES string of the molecule is CCc1nn(C)cc1CNc1cc(Cl)ccc1F. The summed E-state index contributed by atoms with van der Waals surface area (Å²) in [6, 6.07) is 4.47. The van der Waals surface area contributed by atoms with Gasteiger partial charge in [0.1, 0.15) is 5.82 Å². The quantitative estimate of drug-likeness (QED) is 0.920. The highest BCUT2D eigenvalue weighted by Crippen LogP contribution is 2.20. The molecule has 0 radical (unpaired) electrons. The van der Waals surface area contributed by atoms with E-state index in [2.05, 4.69) is 10.4 Å². The predicted molar refractivity (Wildman–Crippen MR) is 71.3 cm³/mol. The first-order chi connectivity index (χ1) is 8.60. The second-order valence-corrected chi connectivity index (χ2v) is 4.54. The number of halogens is 2. The van der Waals surface area contributed by atoms with Gasteiger partial charge in [-0.15, -0.1) is 0 Å². The van der Waals surface area contributed by atoms with E-state index in [0.29, 0.717) is 17.3 Å². The van der Waals surface area contributed by atoms with E-state index in [4.69, 9.17) is 11.6 Å². The first-order valence-electron chi connectivity index (χ1n) is 5.80. The number of rotatable bonds is 4. The van der Waals surface area contributed by atoms with E-state index in [1.165, 1.54) is 12.1 Å². The van der Waals surface area contributed by atoms with Gasteiger partial charge in [0.05, 0.1) is 11.4 Å². The van der Waals surface area contributed by atoms with Crippen LogP contribution >= 0.6 is 11.6 Å². The van der Waals surface area contributed by atoms with E-state index in [0.717, 1.165) is 17.7 Å². The zero-order chi connectivity index (χ0) is 13.1. The van der Waals surface area contributed by atoms with Crippen LogP contribution in [0.1, 0.15) is 18.2 Å². The van der Waals surface area contributed by atoms with Gasteiger partial charge < -0.3 is 5.32 Å². The highest BCUT2D eigenvalue weighted by molar-refractivity contribution is 6.30. The second kappa shape index (κ2) is 5.40. The number of benzene rings is 1. The zero-order valence-corrected chi connectivity index (χ0v) is 11.1. The zero-order valence-electron chi connectivity index (χ0n) is 10.4. The minimum absolute atomic E-state index is 0.304. The summed E-state index contributed by atoms with van der Waals surface area (Å²) in [6.45, 7) is 2.58. The number of hydrogen-bond acceptors (Lipinski definition) is 2. The fourth-order valence-corrected chi connectivity index (χ4v) is 2.02. The summed E-state index contributed by atoms with van der Waals surface area (Å²) in [5, 5.41) is 7.90. The molecule has 0 saturated carbocycles. The average Bonchev–Trinajstić information content (AvgIpc) is 2.71. The summed E-state index contributed by atoms with van der Waals surface area (Å²) in [4.78, 5) is 0. The molecule has 1 N–H and O–H groups in total. The van der Waals surface area contributed by atoms with E-state index in [-0.39, 0.29) is 5.82 Å². The van der Waals surface area contributed by atoms with Crippen molar-refractivity contribution < 1.29 is 4.39 Å². The second-order valence-electron chi connectivity index (χ2n) is 4.11. The Balaban J connectivity index is 2.13. The van der Waals surface area contributed by atoms with E-state index in [1.54, 1.807) is 10.7 Å². The van der Waals surface area contributed by atoms with E-state index in [1.807, 2.05) is 20.2 Å².